The van der Waals surface area contributed by atoms with Crippen LogP contribution in [-0.2, 0) is 4.79 Å². The van der Waals surface area contributed by atoms with Gasteiger partial charge in [0, 0.05) is 6.42 Å². The van der Waals surface area contributed by atoms with Crippen molar-refractivity contribution in [3.05, 3.63) is 48.6 Å². The van der Waals surface area contributed by atoms with E-state index in [4.69, 9.17) is 0 Å². The molecule has 0 aliphatic heterocycles. The van der Waals surface area contributed by atoms with E-state index in [0.29, 0.717) is 25.7 Å². The fourth-order valence-corrected chi connectivity index (χ4v) is 2.10. The standard InChI is InChI=1S/C21H34O4/c1-3-19(23)13-9-6-10-16-20(24)14-7-4-5-8-15-21(25)17-11-12-18(2)22/h4-5,7-9,13-15,19-21,23-25H,3,6,10-12,16-17H2,1-2H3/b5-4+,13-9+,14-7+,15-8-/t19-,20+,21-/m1/s1. The summed E-state index contributed by atoms with van der Waals surface area (Å²) >= 11 is 0. The van der Waals surface area contributed by atoms with E-state index in [1.807, 2.05) is 13.0 Å². The molecule has 0 aromatic carbocycles. The van der Waals surface area contributed by atoms with Crippen LogP contribution in [0.3, 0.4) is 0 Å². The van der Waals surface area contributed by atoms with Gasteiger partial charge in [0.05, 0.1) is 18.3 Å². The number of ketones is 1. The van der Waals surface area contributed by atoms with Crippen LogP contribution in [0, 0.1) is 0 Å². The normalized spacial score (nSPS) is 16.4. The van der Waals surface area contributed by atoms with E-state index in [2.05, 4.69) is 0 Å². The Morgan fingerprint density at radius 2 is 1.40 bits per heavy atom. The summed E-state index contributed by atoms with van der Waals surface area (Å²) in [6, 6.07) is 0. The summed E-state index contributed by atoms with van der Waals surface area (Å²) in [5.41, 5.74) is 0. The van der Waals surface area contributed by atoms with Crippen LogP contribution in [0.1, 0.15) is 58.8 Å². The van der Waals surface area contributed by atoms with Crippen LogP contribution in [0.2, 0.25) is 0 Å². The lowest BCUT2D eigenvalue weighted by Gasteiger charge is -2.03. The van der Waals surface area contributed by atoms with Gasteiger partial charge in [0.25, 0.3) is 0 Å². The van der Waals surface area contributed by atoms with E-state index < -0.39 is 12.2 Å². The minimum absolute atomic E-state index is 0.148. The van der Waals surface area contributed by atoms with Crippen molar-refractivity contribution in [2.45, 2.75) is 77.1 Å². The van der Waals surface area contributed by atoms with Crippen LogP contribution in [0.4, 0.5) is 0 Å². The molecule has 0 radical (unpaired) electrons. The van der Waals surface area contributed by atoms with E-state index in [9.17, 15) is 20.1 Å². The molecule has 4 nitrogen and oxygen atoms in total. The zero-order chi connectivity index (χ0) is 18.9. The Morgan fingerprint density at radius 1 is 0.840 bits per heavy atom. The quantitative estimate of drug-likeness (QED) is 0.254. The molecule has 25 heavy (non-hydrogen) atoms. The minimum Gasteiger partial charge on any atom is -0.389 e. The van der Waals surface area contributed by atoms with Crippen LogP contribution in [0.15, 0.2) is 48.6 Å². The van der Waals surface area contributed by atoms with Gasteiger partial charge in [0.1, 0.15) is 5.78 Å². The van der Waals surface area contributed by atoms with Crippen LogP contribution in [0.25, 0.3) is 0 Å². The second-order valence-corrected chi connectivity index (χ2v) is 6.22. The molecule has 0 saturated carbocycles. The first-order valence-electron chi connectivity index (χ1n) is 9.17. The summed E-state index contributed by atoms with van der Waals surface area (Å²) < 4.78 is 0. The van der Waals surface area contributed by atoms with Crippen molar-refractivity contribution in [1.29, 1.82) is 0 Å². The van der Waals surface area contributed by atoms with E-state index in [0.717, 1.165) is 19.3 Å². The Kier molecular flexibility index (Phi) is 15.1. The maximum Gasteiger partial charge on any atom is 0.129 e. The first-order valence-corrected chi connectivity index (χ1v) is 9.17. The fraction of sp³-hybridized carbons (Fsp3) is 0.571. The molecule has 0 fully saturated rings. The highest BCUT2D eigenvalue weighted by Gasteiger charge is 2.00. The van der Waals surface area contributed by atoms with Crippen LogP contribution >= 0.6 is 0 Å². The number of aliphatic hydroxyl groups excluding tert-OH is 3. The fourth-order valence-electron chi connectivity index (χ4n) is 2.10. The van der Waals surface area contributed by atoms with Crippen molar-refractivity contribution in [1.82, 2.24) is 0 Å². The van der Waals surface area contributed by atoms with Crippen LogP contribution in [0.5, 0.6) is 0 Å². The van der Waals surface area contributed by atoms with Crippen molar-refractivity contribution < 1.29 is 20.1 Å². The third-order valence-corrected chi connectivity index (χ3v) is 3.68. The third kappa shape index (κ3) is 17.1. The van der Waals surface area contributed by atoms with E-state index in [1.54, 1.807) is 49.5 Å². The first-order chi connectivity index (χ1) is 12.0. The topological polar surface area (TPSA) is 77.8 Å². The highest BCUT2D eigenvalue weighted by molar-refractivity contribution is 5.75. The summed E-state index contributed by atoms with van der Waals surface area (Å²) in [6.07, 6.45) is 17.9. The molecule has 142 valence electrons. The average Bonchev–Trinajstić information content (AvgIpc) is 2.57. The molecule has 0 amide bonds. The van der Waals surface area contributed by atoms with Crippen molar-refractivity contribution >= 4 is 5.78 Å². The van der Waals surface area contributed by atoms with Crippen molar-refractivity contribution in [2.75, 3.05) is 0 Å². The van der Waals surface area contributed by atoms with E-state index >= 15 is 0 Å². The second kappa shape index (κ2) is 16.0. The number of hydrogen-bond donors (Lipinski definition) is 3. The van der Waals surface area contributed by atoms with E-state index in [1.165, 1.54) is 0 Å². The van der Waals surface area contributed by atoms with Crippen molar-refractivity contribution in [3.63, 3.8) is 0 Å². The van der Waals surface area contributed by atoms with Crippen LogP contribution < -0.4 is 0 Å². The molecule has 0 unspecified atom stereocenters. The SMILES string of the molecule is CC[C@@H](O)/C=C/CCC[C@@H](O)/C=C/C=C/C=C\[C@@H](O)CCCC(C)=O. The van der Waals surface area contributed by atoms with Gasteiger partial charge in [0.15, 0.2) is 0 Å². The third-order valence-electron chi connectivity index (χ3n) is 3.68. The predicted octanol–water partition coefficient (Wildman–Crippen LogP) is 3.63. The highest BCUT2D eigenvalue weighted by Crippen LogP contribution is 2.05. The molecule has 0 aliphatic rings. The molecule has 3 atom stereocenters. The lowest BCUT2D eigenvalue weighted by atomic mass is 10.1. The summed E-state index contributed by atoms with van der Waals surface area (Å²) in [6.45, 7) is 3.49. The molecule has 0 aromatic heterocycles. The number of hydrogen-bond acceptors (Lipinski definition) is 4. The van der Waals surface area contributed by atoms with Gasteiger partial charge in [-0.1, -0.05) is 55.5 Å². The van der Waals surface area contributed by atoms with Gasteiger partial charge >= 0.3 is 0 Å². The molecule has 0 heterocycles. The molecular weight excluding hydrogens is 316 g/mol. The molecule has 4 heteroatoms. The van der Waals surface area contributed by atoms with Gasteiger partial charge < -0.3 is 20.1 Å². The second-order valence-electron chi connectivity index (χ2n) is 6.22. The zero-order valence-corrected chi connectivity index (χ0v) is 15.6. The summed E-state index contributed by atoms with van der Waals surface area (Å²) in [4.78, 5) is 10.8. The highest BCUT2D eigenvalue weighted by atomic mass is 16.3. The number of rotatable bonds is 14. The number of unbranched alkanes of at least 4 members (excludes halogenated alkanes) is 1. The predicted molar refractivity (Wildman–Crippen MR) is 103 cm³/mol. The molecule has 0 spiro atoms. The molecule has 0 bridgehead atoms. The van der Waals surface area contributed by atoms with Crippen LogP contribution in [-0.4, -0.2) is 39.4 Å². The largest absolute Gasteiger partial charge is 0.389 e. The summed E-state index contributed by atoms with van der Waals surface area (Å²) in [5.74, 6) is 0.148. The Morgan fingerprint density at radius 3 is 1.92 bits per heavy atom. The van der Waals surface area contributed by atoms with Gasteiger partial charge in [-0.25, -0.2) is 0 Å². The lowest BCUT2D eigenvalue weighted by molar-refractivity contribution is -0.117. The molecular formula is C21H34O4. The van der Waals surface area contributed by atoms with E-state index in [-0.39, 0.29) is 11.9 Å². The summed E-state index contributed by atoms with van der Waals surface area (Å²) in [7, 11) is 0. The summed E-state index contributed by atoms with van der Waals surface area (Å²) in [5, 5.41) is 28.9. The van der Waals surface area contributed by atoms with Gasteiger partial charge in [-0.2, -0.15) is 0 Å². The Labute approximate surface area is 152 Å². The average molecular weight is 350 g/mol. The number of carbonyl (C=O) groups excluding carboxylic acids is 1. The van der Waals surface area contributed by atoms with Gasteiger partial charge in [-0.15, -0.1) is 0 Å². The molecule has 0 aliphatic carbocycles. The van der Waals surface area contributed by atoms with Crippen molar-refractivity contribution in [2.24, 2.45) is 0 Å². The minimum atomic E-state index is -0.530. The van der Waals surface area contributed by atoms with Crippen molar-refractivity contribution in [3.8, 4) is 0 Å². The smallest absolute Gasteiger partial charge is 0.129 e. The maximum atomic E-state index is 10.8. The Hall–Kier alpha value is -1.49. The molecule has 3 N–H and O–H groups in total. The molecule has 0 saturated heterocycles. The monoisotopic (exact) mass is 350 g/mol. The molecule has 0 aromatic rings. The zero-order valence-electron chi connectivity index (χ0n) is 15.6. The van der Waals surface area contributed by atoms with Gasteiger partial charge in [-0.05, 0) is 45.4 Å². The lowest BCUT2D eigenvalue weighted by Crippen LogP contribution is -2.02. The number of carbonyl (C=O) groups is 1. The number of allylic oxidation sites excluding steroid dienone is 5. The maximum absolute atomic E-state index is 10.8. The number of Topliss-reactive ketones (excluding diaryl/α,β-unsaturated/α-hetero) is 1. The first kappa shape index (κ1) is 23.5. The molecule has 0 rings (SSSR count). The van der Waals surface area contributed by atoms with Gasteiger partial charge in [-0.3, -0.25) is 0 Å². The Bertz CT molecular complexity index is 449. The Balaban J connectivity index is 3.82. The number of aliphatic hydroxyl groups is 3. The van der Waals surface area contributed by atoms with Gasteiger partial charge in [0.2, 0.25) is 0 Å².